The smallest absolute Gasteiger partial charge is 0.227 e. The molecule has 1 fully saturated rings. The summed E-state index contributed by atoms with van der Waals surface area (Å²) in [7, 11) is 3.12. The summed E-state index contributed by atoms with van der Waals surface area (Å²) in [5.74, 6) is 0.599. The summed E-state index contributed by atoms with van der Waals surface area (Å²) in [6.07, 6.45) is 0.181. The second kappa shape index (κ2) is 8.12. The van der Waals surface area contributed by atoms with Gasteiger partial charge >= 0.3 is 0 Å². The Morgan fingerprint density at radius 3 is 2.67 bits per heavy atom. The van der Waals surface area contributed by atoms with Crippen LogP contribution in [0.25, 0.3) is 0 Å². The number of nitrogens with one attached hydrogen (secondary N) is 1. The maximum absolute atomic E-state index is 12.6. The molecule has 1 saturated heterocycles. The Kier molecular flexibility index (Phi) is 5.64. The average Bonchev–Trinajstić information content (AvgIpc) is 3.08. The summed E-state index contributed by atoms with van der Waals surface area (Å²) < 4.78 is 10.6. The minimum atomic E-state index is -0.391. The number of carbonyl (C=O) groups is 2. The second-order valence-corrected chi connectivity index (χ2v) is 6.59. The monoisotopic (exact) mass is 368 g/mol. The molecule has 1 aliphatic heterocycles. The van der Waals surface area contributed by atoms with E-state index in [0.717, 1.165) is 11.1 Å². The van der Waals surface area contributed by atoms with Crippen molar-refractivity contribution in [1.82, 2.24) is 5.32 Å². The number of nitrogens with zero attached hydrogens (tertiary/aromatic N) is 1. The number of hydrogen-bond acceptors (Lipinski definition) is 4. The lowest BCUT2D eigenvalue weighted by molar-refractivity contribution is -0.126. The predicted octanol–water partition coefficient (Wildman–Crippen LogP) is 2.68. The van der Waals surface area contributed by atoms with Gasteiger partial charge < -0.3 is 19.7 Å². The number of aryl methyl sites for hydroxylation is 1. The molecule has 1 N–H and O–H groups in total. The Balaban J connectivity index is 1.70. The van der Waals surface area contributed by atoms with Crippen LogP contribution in [-0.2, 0) is 16.1 Å². The van der Waals surface area contributed by atoms with E-state index in [1.165, 1.54) is 0 Å². The molecule has 6 nitrogen and oxygen atoms in total. The minimum absolute atomic E-state index is 0.0994. The van der Waals surface area contributed by atoms with Crippen LogP contribution in [0.3, 0.4) is 0 Å². The molecule has 27 heavy (non-hydrogen) atoms. The highest BCUT2D eigenvalue weighted by Gasteiger charge is 2.36. The lowest BCUT2D eigenvalue weighted by Crippen LogP contribution is -2.32. The van der Waals surface area contributed by atoms with Gasteiger partial charge in [-0.05, 0) is 30.2 Å². The number of carbonyl (C=O) groups excluding carboxylic acids is 2. The zero-order valence-corrected chi connectivity index (χ0v) is 15.8. The van der Waals surface area contributed by atoms with Crippen LogP contribution in [0.4, 0.5) is 5.69 Å². The zero-order chi connectivity index (χ0) is 19.4. The molecule has 1 unspecified atom stereocenters. The molecule has 3 rings (SSSR count). The van der Waals surface area contributed by atoms with Gasteiger partial charge in [-0.1, -0.05) is 24.3 Å². The number of anilines is 1. The van der Waals surface area contributed by atoms with Crippen molar-refractivity contribution in [3.05, 3.63) is 53.6 Å². The van der Waals surface area contributed by atoms with Crippen LogP contribution in [0.15, 0.2) is 42.5 Å². The maximum Gasteiger partial charge on any atom is 0.227 e. The topological polar surface area (TPSA) is 67.9 Å². The molecule has 0 saturated carbocycles. The lowest BCUT2D eigenvalue weighted by Gasteiger charge is -2.20. The van der Waals surface area contributed by atoms with Crippen molar-refractivity contribution < 1.29 is 19.1 Å². The molecule has 0 aliphatic carbocycles. The average molecular weight is 368 g/mol. The summed E-state index contributed by atoms with van der Waals surface area (Å²) in [5, 5.41) is 2.95. The van der Waals surface area contributed by atoms with Gasteiger partial charge in [-0.2, -0.15) is 0 Å². The summed E-state index contributed by atoms with van der Waals surface area (Å²) >= 11 is 0. The van der Waals surface area contributed by atoms with Crippen molar-refractivity contribution >= 4 is 17.5 Å². The Labute approximate surface area is 159 Å². The molecule has 0 radical (unpaired) electrons. The summed E-state index contributed by atoms with van der Waals surface area (Å²) in [6, 6.07) is 13.2. The van der Waals surface area contributed by atoms with Gasteiger partial charge in [-0.15, -0.1) is 0 Å². The molecule has 1 aliphatic rings. The molecular formula is C21H24N2O4. The van der Waals surface area contributed by atoms with Gasteiger partial charge in [0.25, 0.3) is 0 Å². The first-order chi connectivity index (χ1) is 13.0. The number of ether oxygens (including phenoxy) is 2. The van der Waals surface area contributed by atoms with E-state index in [0.29, 0.717) is 30.3 Å². The van der Waals surface area contributed by atoms with Crippen molar-refractivity contribution in [2.75, 3.05) is 25.7 Å². The zero-order valence-electron chi connectivity index (χ0n) is 15.8. The number of benzene rings is 2. The van der Waals surface area contributed by atoms with Crippen LogP contribution in [-0.4, -0.2) is 32.6 Å². The fraction of sp³-hybridized carbons (Fsp3) is 0.333. The van der Waals surface area contributed by atoms with Gasteiger partial charge in [-0.3, -0.25) is 9.59 Å². The van der Waals surface area contributed by atoms with Crippen LogP contribution in [0, 0.1) is 12.8 Å². The highest BCUT2D eigenvalue weighted by atomic mass is 16.5. The minimum Gasteiger partial charge on any atom is -0.497 e. The maximum atomic E-state index is 12.6. The molecule has 6 heteroatoms. The van der Waals surface area contributed by atoms with Crippen LogP contribution in [0.1, 0.15) is 17.5 Å². The largest absolute Gasteiger partial charge is 0.497 e. The van der Waals surface area contributed by atoms with Crippen molar-refractivity contribution in [2.24, 2.45) is 5.92 Å². The molecular weight excluding hydrogens is 344 g/mol. The second-order valence-electron chi connectivity index (χ2n) is 6.59. The fourth-order valence-electron chi connectivity index (χ4n) is 3.26. The molecule has 2 aromatic carbocycles. The highest BCUT2D eigenvalue weighted by Crippen LogP contribution is 2.36. The van der Waals surface area contributed by atoms with Crippen molar-refractivity contribution in [3.63, 3.8) is 0 Å². The molecule has 2 amide bonds. The van der Waals surface area contributed by atoms with Crippen LogP contribution >= 0.6 is 0 Å². The molecule has 1 atom stereocenters. The van der Waals surface area contributed by atoms with Crippen LogP contribution < -0.4 is 19.7 Å². The molecule has 1 heterocycles. The van der Waals surface area contributed by atoms with E-state index in [2.05, 4.69) is 5.32 Å². The molecule has 0 aromatic heterocycles. The third kappa shape index (κ3) is 4.05. The van der Waals surface area contributed by atoms with Gasteiger partial charge in [0.05, 0.1) is 25.8 Å². The predicted molar refractivity (Wildman–Crippen MR) is 103 cm³/mol. The van der Waals surface area contributed by atoms with Crippen LogP contribution in [0.2, 0.25) is 0 Å². The fourth-order valence-corrected chi connectivity index (χ4v) is 3.26. The lowest BCUT2D eigenvalue weighted by atomic mass is 10.1. The standard InChI is InChI=1S/C21H24N2O4/c1-14-6-4-5-7-15(14)12-22-21(25)16-10-20(24)23(13-16)18-11-17(26-2)8-9-19(18)27-3/h4-9,11,16H,10,12-13H2,1-3H3,(H,22,25). The third-order valence-electron chi connectivity index (χ3n) is 4.89. The molecule has 0 spiro atoms. The summed E-state index contributed by atoms with van der Waals surface area (Å²) in [4.78, 5) is 26.7. The van der Waals surface area contributed by atoms with E-state index in [1.54, 1.807) is 37.3 Å². The summed E-state index contributed by atoms with van der Waals surface area (Å²) in [6.45, 7) is 2.79. The van der Waals surface area contributed by atoms with E-state index in [1.807, 2.05) is 31.2 Å². The van der Waals surface area contributed by atoms with E-state index >= 15 is 0 Å². The SMILES string of the molecule is COc1ccc(OC)c(N2CC(C(=O)NCc3ccccc3C)CC2=O)c1. The first kappa shape index (κ1) is 18.8. The van der Waals surface area contributed by atoms with Gasteiger partial charge in [0, 0.05) is 25.6 Å². The first-order valence-corrected chi connectivity index (χ1v) is 8.88. The Hall–Kier alpha value is -3.02. The van der Waals surface area contributed by atoms with E-state index in [9.17, 15) is 9.59 Å². The number of methoxy groups -OCH3 is 2. The van der Waals surface area contributed by atoms with E-state index < -0.39 is 5.92 Å². The normalized spacial score (nSPS) is 16.3. The molecule has 0 bridgehead atoms. The molecule has 142 valence electrons. The quantitative estimate of drug-likeness (QED) is 0.851. The first-order valence-electron chi connectivity index (χ1n) is 8.88. The van der Waals surface area contributed by atoms with Gasteiger partial charge in [0.2, 0.25) is 11.8 Å². The number of amides is 2. The highest BCUT2D eigenvalue weighted by molar-refractivity contribution is 6.01. The number of hydrogen-bond donors (Lipinski definition) is 1. The third-order valence-corrected chi connectivity index (χ3v) is 4.89. The Morgan fingerprint density at radius 2 is 1.96 bits per heavy atom. The van der Waals surface area contributed by atoms with E-state index in [-0.39, 0.29) is 18.2 Å². The van der Waals surface area contributed by atoms with E-state index in [4.69, 9.17) is 9.47 Å². The van der Waals surface area contributed by atoms with Crippen molar-refractivity contribution in [2.45, 2.75) is 19.9 Å². The number of rotatable bonds is 6. The van der Waals surface area contributed by atoms with Gasteiger partial charge in [-0.25, -0.2) is 0 Å². The van der Waals surface area contributed by atoms with Crippen LogP contribution in [0.5, 0.6) is 11.5 Å². The van der Waals surface area contributed by atoms with Crippen molar-refractivity contribution in [1.29, 1.82) is 0 Å². The Bertz CT molecular complexity index is 850. The van der Waals surface area contributed by atoms with Crippen molar-refractivity contribution in [3.8, 4) is 11.5 Å². The van der Waals surface area contributed by atoms with Gasteiger partial charge in [0.15, 0.2) is 0 Å². The van der Waals surface area contributed by atoms with Gasteiger partial charge in [0.1, 0.15) is 11.5 Å². The Morgan fingerprint density at radius 1 is 1.19 bits per heavy atom. The summed E-state index contributed by atoms with van der Waals surface area (Å²) in [5.41, 5.74) is 2.82. The molecule has 2 aromatic rings.